The van der Waals surface area contributed by atoms with Gasteiger partial charge in [0.05, 0.1) is 12.1 Å². The van der Waals surface area contributed by atoms with E-state index in [1.807, 2.05) is 37.0 Å². The minimum absolute atomic E-state index is 0.114. The molecule has 0 saturated heterocycles. The van der Waals surface area contributed by atoms with Crippen molar-refractivity contribution in [2.24, 2.45) is 10.9 Å². The lowest BCUT2D eigenvalue weighted by atomic mass is 10.2. The molecule has 0 aliphatic heterocycles. The van der Waals surface area contributed by atoms with E-state index in [1.165, 1.54) is 4.88 Å². The van der Waals surface area contributed by atoms with Gasteiger partial charge in [0.15, 0.2) is 5.84 Å². The summed E-state index contributed by atoms with van der Waals surface area (Å²) in [7, 11) is 1.99. The Kier molecular flexibility index (Phi) is 3.78. The third-order valence-corrected chi connectivity index (χ3v) is 3.33. The van der Waals surface area contributed by atoms with Gasteiger partial charge in [-0.25, -0.2) is 0 Å². The van der Waals surface area contributed by atoms with E-state index < -0.39 is 0 Å². The minimum atomic E-state index is 0.114. The van der Waals surface area contributed by atoms with Gasteiger partial charge in [-0.05, 0) is 12.1 Å². The van der Waals surface area contributed by atoms with Gasteiger partial charge in [0.25, 0.3) is 0 Å². The molecule has 2 aromatic rings. The lowest BCUT2D eigenvalue weighted by Crippen LogP contribution is -2.18. The average molecular weight is 262 g/mol. The highest BCUT2D eigenvalue weighted by molar-refractivity contribution is 7.09. The fraction of sp³-hybridized carbons (Fsp3) is 0.167. The van der Waals surface area contributed by atoms with Gasteiger partial charge in [0.1, 0.15) is 0 Å². The highest BCUT2D eigenvalue weighted by Gasteiger charge is 2.06. The van der Waals surface area contributed by atoms with E-state index in [0.29, 0.717) is 5.56 Å². The van der Waals surface area contributed by atoms with E-state index in [-0.39, 0.29) is 5.84 Å². The molecule has 0 saturated carbocycles. The number of hydrogen-bond acceptors (Lipinski definition) is 5. The van der Waals surface area contributed by atoms with E-state index in [2.05, 4.69) is 15.0 Å². The predicted octanol–water partition coefficient (Wildman–Crippen LogP) is 1.87. The standard InChI is InChI=1S/C12H14N4OS/c1-16(7-11-6-14-8-18-11)10-4-2-3-9(5-10)12(13)15-17/h2-6,8,17H,7H2,1H3,(H2,13,15). The molecule has 18 heavy (non-hydrogen) atoms. The number of benzene rings is 1. The molecule has 94 valence electrons. The first-order valence-corrected chi connectivity index (χ1v) is 6.25. The second-order valence-corrected chi connectivity index (χ2v) is 4.83. The average Bonchev–Trinajstić information content (AvgIpc) is 2.90. The Morgan fingerprint density at radius 2 is 2.39 bits per heavy atom. The van der Waals surface area contributed by atoms with Gasteiger partial charge >= 0.3 is 0 Å². The summed E-state index contributed by atoms with van der Waals surface area (Å²) in [5, 5.41) is 11.7. The molecule has 0 atom stereocenters. The van der Waals surface area contributed by atoms with Crippen LogP contribution in [0.25, 0.3) is 0 Å². The maximum absolute atomic E-state index is 8.67. The first kappa shape index (κ1) is 12.4. The lowest BCUT2D eigenvalue weighted by molar-refractivity contribution is 0.318. The molecule has 0 spiro atoms. The summed E-state index contributed by atoms with van der Waals surface area (Å²) < 4.78 is 0. The topological polar surface area (TPSA) is 74.7 Å². The Bertz CT molecular complexity index is 539. The van der Waals surface area contributed by atoms with Crippen LogP contribution in [-0.4, -0.2) is 23.1 Å². The van der Waals surface area contributed by atoms with Gasteiger partial charge in [-0.1, -0.05) is 17.3 Å². The molecule has 1 aromatic heterocycles. The monoisotopic (exact) mass is 262 g/mol. The summed E-state index contributed by atoms with van der Waals surface area (Å²) in [6.07, 6.45) is 1.86. The first-order valence-electron chi connectivity index (χ1n) is 5.37. The second kappa shape index (κ2) is 5.50. The number of nitrogens with zero attached hydrogens (tertiary/aromatic N) is 3. The van der Waals surface area contributed by atoms with Crippen LogP contribution in [0.3, 0.4) is 0 Å². The van der Waals surface area contributed by atoms with Gasteiger partial charge in [-0.3, -0.25) is 4.98 Å². The Morgan fingerprint density at radius 3 is 3.06 bits per heavy atom. The third kappa shape index (κ3) is 2.78. The van der Waals surface area contributed by atoms with Gasteiger partial charge in [-0.15, -0.1) is 11.3 Å². The molecule has 0 unspecified atom stereocenters. The maximum atomic E-state index is 8.67. The highest BCUT2D eigenvalue weighted by Crippen LogP contribution is 2.18. The van der Waals surface area contributed by atoms with Gasteiger partial charge in [0, 0.05) is 29.4 Å². The van der Waals surface area contributed by atoms with Gasteiger partial charge in [0.2, 0.25) is 0 Å². The molecule has 5 nitrogen and oxygen atoms in total. The number of amidine groups is 1. The zero-order valence-corrected chi connectivity index (χ0v) is 10.8. The molecule has 0 radical (unpaired) electrons. The van der Waals surface area contributed by atoms with E-state index in [9.17, 15) is 0 Å². The molecule has 0 aliphatic carbocycles. The normalized spacial score (nSPS) is 11.5. The van der Waals surface area contributed by atoms with Crippen LogP contribution in [0.2, 0.25) is 0 Å². The largest absolute Gasteiger partial charge is 0.409 e. The van der Waals surface area contributed by atoms with Crippen molar-refractivity contribution in [3.8, 4) is 0 Å². The van der Waals surface area contributed by atoms with Gasteiger partial charge in [-0.2, -0.15) is 0 Å². The molecule has 6 heteroatoms. The van der Waals surface area contributed by atoms with E-state index in [0.717, 1.165) is 12.2 Å². The van der Waals surface area contributed by atoms with E-state index >= 15 is 0 Å². The molecule has 0 amide bonds. The number of aromatic nitrogens is 1. The Hall–Kier alpha value is -2.08. The van der Waals surface area contributed by atoms with Gasteiger partial charge < -0.3 is 15.8 Å². The predicted molar refractivity (Wildman–Crippen MR) is 73.2 cm³/mol. The van der Waals surface area contributed by atoms with Crippen LogP contribution >= 0.6 is 11.3 Å². The molecule has 0 aliphatic rings. The molecule has 1 heterocycles. The summed E-state index contributed by atoms with van der Waals surface area (Å²) >= 11 is 1.62. The van der Waals surface area contributed by atoms with Crippen LogP contribution in [0.15, 0.2) is 41.1 Å². The summed E-state index contributed by atoms with van der Waals surface area (Å²) in [6.45, 7) is 0.782. The fourth-order valence-corrected chi connectivity index (χ4v) is 2.25. The van der Waals surface area contributed by atoms with Crippen LogP contribution in [0.4, 0.5) is 5.69 Å². The zero-order chi connectivity index (χ0) is 13.0. The van der Waals surface area contributed by atoms with Crippen LogP contribution < -0.4 is 10.6 Å². The number of nitrogens with two attached hydrogens (primary N) is 1. The van der Waals surface area contributed by atoms with Crippen molar-refractivity contribution in [3.05, 3.63) is 46.4 Å². The molecule has 2 rings (SSSR count). The third-order valence-electron chi connectivity index (χ3n) is 2.57. The Balaban J connectivity index is 2.17. The highest BCUT2D eigenvalue weighted by atomic mass is 32.1. The van der Waals surface area contributed by atoms with Crippen molar-refractivity contribution >= 4 is 22.9 Å². The fourth-order valence-electron chi connectivity index (χ4n) is 1.61. The van der Waals surface area contributed by atoms with Crippen molar-refractivity contribution in [2.45, 2.75) is 6.54 Å². The summed E-state index contributed by atoms with van der Waals surface area (Å²) in [5.41, 5.74) is 9.10. The molecule has 0 fully saturated rings. The van der Waals surface area contributed by atoms with Crippen LogP contribution in [0.1, 0.15) is 10.4 Å². The first-order chi connectivity index (χ1) is 8.70. The van der Waals surface area contributed by atoms with Crippen molar-refractivity contribution in [3.63, 3.8) is 0 Å². The summed E-state index contributed by atoms with van der Waals surface area (Å²) in [5.74, 6) is 0.114. The summed E-state index contributed by atoms with van der Waals surface area (Å²) in [6, 6.07) is 7.55. The molecule has 0 bridgehead atoms. The van der Waals surface area contributed by atoms with E-state index in [4.69, 9.17) is 10.9 Å². The summed E-state index contributed by atoms with van der Waals surface area (Å²) in [4.78, 5) is 7.32. The zero-order valence-electron chi connectivity index (χ0n) is 9.95. The van der Waals surface area contributed by atoms with Crippen LogP contribution in [0, 0.1) is 0 Å². The smallest absolute Gasteiger partial charge is 0.170 e. The second-order valence-electron chi connectivity index (χ2n) is 3.86. The SMILES string of the molecule is CN(Cc1cncs1)c1cccc(/C(N)=N/O)c1. The lowest BCUT2D eigenvalue weighted by Gasteiger charge is -2.18. The van der Waals surface area contributed by atoms with E-state index in [1.54, 1.807) is 17.4 Å². The van der Waals surface area contributed by atoms with Crippen LogP contribution in [-0.2, 0) is 6.54 Å². The number of rotatable bonds is 4. The number of anilines is 1. The van der Waals surface area contributed by atoms with Crippen molar-refractivity contribution in [1.82, 2.24) is 4.98 Å². The molecular weight excluding hydrogens is 248 g/mol. The van der Waals surface area contributed by atoms with Crippen LogP contribution in [0.5, 0.6) is 0 Å². The quantitative estimate of drug-likeness (QED) is 0.382. The molecule has 1 aromatic carbocycles. The number of hydrogen-bond donors (Lipinski definition) is 2. The molecular formula is C12H14N4OS. The Morgan fingerprint density at radius 1 is 1.56 bits per heavy atom. The maximum Gasteiger partial charge on any atom is 0.170 e. The minimum Gasteiger partial charge on any atom is -0.409 e. The Labute approximate surface area is 109 Å². The van der Waals surface area contributed by atoms with Crippen molar-refractivity contribution in [1.29, 1.82) is 0 Å². The number of thiazole rings is 1. The van der Waals surface area contributed by atoms with Crippen molar-refractivity contribution in [2.75, 3.05) is 11.9 Å². The van der Waals surface area contributed by atoms with Crippen molar-refractivity contribution < 1.29 is 5.21 Å². The molecule has 3 N–H and O–H groups in total. The number of oxime groups is 1.